The van der Waals surface area contributed by atoms with Gasteiger partial charge in [-0.1, -0.05) is 42.0 Å². The molecule has 8 heteroatoms. The van der Waals surface area contributed by atoms with E-state index in [2.05, 4.69) is 11.4 Å². The third-order valence-electron chi connectivity index (χ3n) is 6.86. The van der Waals surface area contributed by atoms with Crippen LogP contribution in [0.2, 0.25) is 0 Å². The molecule has 0 saturated carbocycles. The van der Waals surface area contributed by atoms with Gasteiger partial charge < -0.3 is 15.0 Å². The van der Waals surface area contributed by atoms with Crippen LogP contribution in [0.25, 0.3) is 28.1 Å². The van der Waals surface area contributed by atoms with Gasteiger partial charge in [-0.2, -0.15) is 9.78 Å². The molecule has 0 radical (unpaired) electrons. The summed E-state index contributed by atoms with van der Waals surface area (Å²) in [6.45, 7) is 5.38. The molecule has 0 aliphatic rings. The van der Waals surface area contributed by atoms with Gasteiger partial charge in [0.1, 0.15) is 11.5 Å². The van der Waals surface area contributed by atoms with E-state index in [9.17, 15) is 14.0 Å². The van der Waals surface area contributed by atoms with Gasteiger partial charge in [-0.15, -0.1) is 0 Å². The zero-order valence-electron chi connectivity index (χ0n) is 24.1. The van der Waals surface area contributed by atoms with Gasteiger partial charge in [-0.05, 0) is 79.6 Å². The minimum Gasteiger partial charge on any atom is -0.407 e. The van der Waals surface area contributed by atoms with Crippen molar-refractivity contribution < 1.29 is 18.7 Å². The highest BCUT2D eigenvalue weighted by molar-refractivity contribution is 6.04. The smallest absolute Gasteiger partial charge is 0.309 e. The monoisotopic (exact) mass is 562 g/mol. The Morgan fingerprint density at radius 2 is 1.50 bits per heavy atom. The molecular formula is C34H31FN4O3. The first-order valence-electron chi connectivity index (χ1n) is 13.4. The molecule has 5 aromatic rings. The number of esters is 1. The number of ether oxygens (including phenoxy) is 1. The quantitative estimate of drug-likeness (QED) is 0.212. The lowest BCUT2D eigenvalue weighted by molar-refractivity contribution is -0.132. The number of aryl methyl sites for hydroxylation is 2. The van der Waals surface area contributed by atoms with Crippen LogP contribution >= 0.6 is 0 Å². The number of benzene rings is 4. The van der Waals surface area contributed by atoms with Crippen LogP contribution in [0, 0.1) is 19.7 Å². The largest absolute Gasteiger partial charge is 0.407 e. The van der Waals surface area contributed by atoms with Crippen molar-refractivity contribution in [1.82, 2.24) is 9.78 Å². The van der Waals surface area contributed by atoms with Crippen molar-refractivity contribution in [2.75, 3.05) is 24.3 Å². The number of hydrogen-bond donors (Lipinski definition) is 1. The second kappa shape index (κ2) is 11.7. The van der Waals surface area contributed by atoms with Gasteiger partial charge in [0.25, 0.3) is 5.91 Å². The summed E-state index contributed by atoms with van der Waals surface area (Å²) in [5.41, 5.74) is 7.68. The molecule has 0 fully saturated rings. The molecule has 42 heavy (non-hydrogen) atoms. The number of anilines is 2. The van der Waals surface area contributed by atoms with Crippen LogP contribution in [0.5, 0.6) is 5.88 Å². The highest BCUT2D eigenvalue weighted by atomic mass is 19.1. The predicted molar refractivity (Wildman–Crippen MR) is 164 cm³/mol. The third-order valence-corrected chi connectivity index (χ3v) is 6.86. The average molecular weight is 563 g/mol. The molecule has 0 unspecified atom stereocenters. The van der Waals surface area contributed by atoms with Crippen molar-refractivity contribution in [2.24, 2.45) is 0 Å². The first-order chi connectivity index (χ1) is 20.1. The lowest BCUT2D eigenvalue weighted by atomic mass is 10.0. The summed E-state index contributed by atoms with van der Waals surface area (Å²) in [6.07, 6.45) is 0. The van der Waals surface area contributed by atoms with E-state index < -0.39 is 11.8 Å². The van der Waals surface area contributed by atoms with E-state index in [1.54, 1.807) is 16.8 Å². The van der Waals surface area contributed by atoms with Crippen LogP contribution in [-0.4, -0.2) is 35.8 Å². The van der Waals surface area contributed by atoms with Crippen molar-refractivity contribution >= 4 is 23.3 Å². The SMILES string of the molecule is CC(=O)Oc1c(-c2ccc(NC(=O)c3ccc(F)cc3)cc2)c(-c2ccc(N(C)C)cc2)nn1-c1ccc(C)cc1C. The molecule has 1 amide bonds. The first-order valence-corrected chi connectivity index (χ1v) is 13.4. The zero-order chi connectivity index (χ0) is 30.0. The molecule has 1 aromatic heterocycles. The van der Waals surface area contributed by atoms with Crippen LogP contribution in [0.15, 0.2) is 91.0 Å². The van der Waals surface area contributed by atoms with Crippen LogP contribution < -0.4 is 15.0 Å². The Balaban J connectivity index is 1.63. The van der Waals surface area contributed by atoms with Crippen molar-refractivity contribution in [3.63, 3.8) is 0 Å². The zero-order valence-corrected chi connectivity index (χ0v) is 24.1. The van der Waals surface area contributed by atoms with Crippen LogP contribution in [0.3, 0.4) is 0 Å². The second-order valence-corrected chi connectivity index (χ2v) is 10.3. The van der Waals surface area contributed by atoms with E-state index in [-0.39, 0.29) is 5.91 Å². The topological polar surface area (TPSA) is 76.5 Å². The molecular weight excluding hydrogens is 531 g/mol. The number of amides is 1. The van der Waals surface area contributed by atoms with E-state index in [4.69, 9.17) is 9.84 Å². The summed E-state index contributed by atoms with van der Waals surface area (Å²) < 4.78 is 20.8. The van der Waals surface area contributed by atoms with E-state index in [0.29, 0.717) is 28.4 Å². The Morgan fingerprint density at radius 3 is 2.10 bits per heavy atom. The number of aromatic nitrogens is 2. The molecule has 0 spiro atoms. The van der Waals surface area contributed by atoms with Gasteiger partial charge in [0.15, 0.2) is 0 Å². The number of nitrogens with one attached hydrogen (secondary N) is 1. The summed E-state index contributed by atoms with van der Waals surface area (Å²) in [5.74, 6) is -0.940. The number of hydrogen-bond acceptors (Lipinski definition) is 5. The molecule has 0 saturated heterocycles. The van der Waals surface area contributed by atoms with Gasteiger partial charge >= 0.3 is 5.97 Å². The van der Waals surface area contributed by atoms with Gasteiger partial charge in [-0.25, -0.2) is 4.39 Å². The maximum absolute atomic E-state index is 13.3. The van der Waals surface area contributed by atoms with E-state index in [1.165, 1.54) is 31.2 Å². The van der Waals surface area contributed by atoms with Gasteiger partial charge in [0.2, 0.25) is 5.88 Å². The number of carbonyl (C=O) groups is 2. The molecule has 1 N–H and O–H groups in total. The maximum Gasteiger partial charge on any atom is 0.309 e. The summed E-state index contributed by atoms with van der Waals surface area (Å²) >= 11 is 0. The molecule has 0 aliphatic heterocycles. The Bertz CT molecular complexity index is 1760. The van der Waals surface area contributed by atoms with Crippen molar-refractivity contribution in [2.45, 2.75) is 20.8 Å². The lowest BCUT2D eigenvalue weighted by Gasteiger charge is -2.13. The van der Waals surface area contributed by atoms with Gasteiger partial charge in [-0.3, -0.25) is 9.59 Å². The second-order valence-electron chi connectivity index (χ2n) is 10.3. The highest BCUT2D eigenvalue weighted by Gasteiger charge is 2.25. The molecule has 0 bridgehead atoms. The standard InChI is InChI=1S/C34H31FN4O3/c1-21-6-19-30(22(2)20-21)39-34(42-23(3)40)31(32(37-39)25-11-17-29(18-12-25)38(4)5)24-9-15-28(16-10-24)36-33(41)26-7-13-27(35)14-8-26/h6-20H,1-5H3,(H,36,41). The highest BCUT2D eigenvalue weighted by Crippen LogP contribution is 2.42. The predicted octanol–water partition coefficient (Wildman–Crippen LogP) is 7.21. The summed E-state index contributed by atoms with van der Waals surface area (Å²) in [5, 5.41) is 7.83. The summed E-state index contributed by atoms with van der Waals surface area (Å²) in [7, 11) is 3.95. The molecule has 0 aliphatic carbocycles. The fourth-order valence-corrected chi connectivity index (χ4v) is 4.74. The van der Waals surface area contributed by atoms with Crippen molar-refractivity contribution in [3.05, 3.63) is 114 Å². The number of halogens is 1. The van der Waals surface area contributed by atoms with Gasteiger partial charge in [0, 0.05) is 43.5 Å². The van der Waals surface area contributed by atoms with Crippen LogP contribution in [-0.2, 0) is 4.79 Å². The molecule has 5 rings (SSSR count). The Morgan fingerprint density at radius 1 is 0.857 bits per heavy atom. The van der Waals surface area contributed by atoms with Crippen LogP contribution in [0.1, 0.15) is 28.4 Å². The molecule has 1 heterocycles. The summed E-state index contributed by atoms with van der Waals surface area (Å²) in [4.78, 5) is 27.1. The average Bonchev–Trinajstić information content (AvgIpc) is 3.31. The first kappa shape index (κ1) is 28.3. The van der Waals surface area contributed by atoms with Crippen LogP contribution in [0.4, 0.5) is 15.8 Å². The Kier molecular flexibility index (Phi) is 7.88. The normalized spacial score (nSPS) is 10.8. The van der Waals surface area contributed by atoms with Crippen molar-refractivity contribution in [1.29, 1.82) is 0 Å². The minimum atomic E-state index is -0.472. The minimum absolute atomic E-state index is 0.296. The number of rotatable bonds is 7. The fraction of sp³-hybridized carbons (Fsp3) is 0.147. The third kappa shape index (κ3) is 5.93. The lowest BCUT2D eigenvalue weighted by Crippen LogP contribution is -2.11. The van der Waals surface area contributed by atoms with Gasteiger partial charge in [0.05, 0.1) is 11.3 Å². The van der Waals surface area contributed by atoms with E-state index in [0.717, 1.165) is 33.6 Å². The molecule has 0 atom stereocenters. The van der Waals surface area contributed by atoms with Crippen molar-refractivity contribution in [3.8, 4) is 34.0 Å². The Hall–Kier alpha value is -5.24. The number of carbonyl (C=O) groups excluding carboxylic acids is 2. The molecule has 4 aromatic carbocycles. The summed E-state index contributed by atoms with van der Waals surface area (Å²) in [6, 6.07) is 26.6. The van der Waals surface area contributed by atoms with E-state index >= 15 is 0 Å². The molecule has 7 nitrogen and oxygen atoms in total. The molecule has 212 valence electrons. The Labute approximate surface area is 244 Å². The fourth-order valence-electron chi connectivity index (χ4n) is 4.74. The maximum atomic E-state index is 13.3. The number of nitrogens with zero attached hydrogens (tertiary/aromatic N) is 3. The van der Waals surface area contributed by atoms with E-state index in [1.807, 2.05) is 81.4 Å².